The average molecular weight is 274 g/mol. The summed E-state index contributed by atoms with van der Waals surface area (Å²) in [7, 11) is 1.72. The van der Waals surface area contributed by atoms with Gasteiger partial charge in [0.25, 0.3) is 0 Å². The monoisotopic (exact) mass is 274 g/mol. The predicted molar refractivity (Wildman–Crippen MR) is 79.3 cm³/mol. The number of rotatable bonds is 7. The molecule has 2 unspecified atom stereocenters. The number of nitrogens with one attached hydrogen (secondary N) is 1. The van der Waals surface area contributed by atoms with E-state index >= 15 is 0 Å². The summed E-state index contributed by atoms with van der Waals surface area (Å²) in [5.41, 5.74) is 4.98. The lowest BCUT2D eigenvalue weighted by Crippen LogP contribution is -2.31. The third-order valence-corrected chi connectivity index (χ3v) is 3.32. The van der Waals surface area contributed by atoms with Crippen LogP contribution in [-0.4, -0.2) is 23.5 Å². The number of benzene rings is 1. The van der Waals surface area contributed by atoms with E-state index in [0.29, 0.717) is 5.92 Å². The van der Waals surface area contributed by atoms with Crippen LogP contribution in [0.2, 0.25) is 0 Å². The molecule has 2 rings (SSSR count). The molecule has 5 nitrogen and oxygen atoms in total. The Kier molecular flexibility index (Phi) is 5.29. The Bertz CT molecular complexity index is 512. The van der Waals surface area contributed by atoms with Crippen molar-refractivity contribution < 1.29 is 4.74 Å². The quantitative estimate of drug-likeness (QED) is 0.599. The number of methoxy groups -OCH3 is 1. The fourth-order valence-electron chi connectivity index (χ4n) is 2.39. The molecule has 0 saturated heterocycles. The third kappa shape index (κ3) is 3.45. The van der Waals surface area contributed by atoms with Crippen LogP contribution in [0.15, 0.2) is 42.6 Å². The minimum Gasteiger partial charge on any atom is -0.384 e. The molecular weight excluding hydrogens is 252 g/mol. The molecule has 0 aliphatic carbocycles. The zero-order chi connectivity index (χ0) is 14.4. The number of para-hydroxylation sites is 1. The molecule has 0 fully saturated rings. The van der Waals surface area contributed by atoms with Gasteiger partial charge in [0.05, 0.1) is 17.4 Å². The van der Waals surface area contributed by atoms with E-state index in [9.17, 15) is 0 Å². The highest BCUT2D eigenvalue weighted by molar-refractivity contribution is 5.33. The van der Waals surface area contributed by atoms with Crippen LogP contribution in [-0.2, 0) is 4.74 Å². The Balaban J connectivity index is 2.21. The number of aromatic nitrogens is 2. The van der Waals surface area contributed by atoms with E-state index < -0.39 is 0 Å². The van der Waals surface area contributed by atoms with Gasteiger partial charge in [-0.3, -0.25) is 11.3 Å². The SMILES string of the molecule is COCC(C)CC(NN)c1ccnn1-c1ccccc1. The third-order valence-electron chi connectivity index (χ3n) is 3.32. The lowest BCUT2D eigenvalue weighted by Gasteiger charge is -2.21. The molecule has 0 aliphatic heterocycles. The van der Waals surface area contributed by atoms with Gasteiger partial charge in [0, 0.05) is 19.9 Å². The molecule has 1 heterocycles. The van der Waals surface area contributed by atoms with Crippen LogP contribution < -0.4 is 11.3 Å². The largest absolute Gasteiger partial charge is 0.384 e. The van der Waals surface area contributed by atoms with Gasteiger partial charge in [0.2, 0.25) is 0 Å². The normalized spacial score (nSPS) is 14.2. The van der Waals surface area contributed by atoms with Crippen molar-refractivity contribution >= 4 is 0 Å². The smallest absolute Gasteiger partial charge is 0.0649 e. The van der Waals surface area contributed by atoms with Crippen molar-refractivity contribution in [2.24, 2.45) is 11.8 Å². The molecule has 0 spiro atoms. The van der Waals surface area contributed by atoms with E-state index in [1.807, 2.05) is 41.1 Å². The van der Waals surface area contributed by atoms with E-state index in [4.69, 9.17) is 10.6 Å². The number of nitrogens with zero attached hydrogens (tertiary/aromatic N) is 2. The summed E-state index contributed by atoms with van der Waals surface area (Å²) in [5.74, 6) is 6.14. The summed E-state index contributed by atoms with van der Waals surface area (Å²) in [4.78, 5) is 0. The zero-order valence-electron chi connectivity index (χ0n) is 12.0. The lowest BCUT2D eigenvalue weighted by molar-refractivity contribution is 0.149. The molecule has 1 aromatic carbocycles. The number of hydrogen-bond acceptors (Lipinski definition) is 4. The maximum absolute atomic E-state index is 5.72. The van der Waals surface area contributed by atoms with Crippen molar-refractivity contribution in [3.8, 4) is 5.69 Å². The summed E-state index contributed by atoms with van der Waals surface area (Å²) in [6, 6.07) is 12.1. The van der Waals surface area contributed by atoms with Gasteiger partial charge in [-0.05, 0) is 30.5 Å². The topological polar surface area (TPSA) is 65.1 Å². The van der Waals surface area contributed by atoms with Crippen LogP contribution >= 0.6 is 0 Å². The average Bonchev–Trinajstić information content (AvgIpc) is 2.95. The second kappa shape index (κ2) is 7.19. The molecular formula is C15H22N4O. The Hall–Kier alpha value is -1.69. The maximum atomic E-state index is 5.72. The molecule has 0 bridgehead atoms. The van der Waals surface area contributed by atoms with Crippen LogP contribution in [0.4, 0.5) is 0 Å². The van der Waals surface area contributed by atoms with E-state index in [2.05, 4.69) is 17.4 Å². The molecule has 5 heteroatoms. The summed E-state index contributed by atoms with van der Waals surface area (Å²) in [6.45, 7) is 2.87. The van der Waals surface area contributed by atoms with Gasteiger partial charge in [-0.15, -0.1) is 0 Å². The fraction of sp³-hybridized carbons (Fsp3) is 0.400. The zero-order valence-corrected chi connectivity index (χ0v) is 12.0. The highest BCUT2D eigenvalue weighted by Gasteiger charge is 2.18. The van der Waals surface area contributed by atoms with Crippen LogP contribution in [0.25, 0.3) is 5.69 Å². The number of hydrogen-bond donors (Lipinski definition) is 2. The van der Waals surface area contributed by atoms with Gasteiger partial charge in [-0.25, -0.2) is 4.68 Å². The van der Waals surface area contributed by atoms with Crippen molar-refractivity contribution in [3.63, 3.8) is 0 Å². The van der Waals surface area contributed by atoms with Crippen molar-refractivity contribution in [2.45, 2.75) is 19.4 Å². The first-order chi connectivity index (χ1) is 9.76. The minimum absolute atomic E-state index is 0.0443. The molecule has 2 aromatic rings. The summed E-state index contributed by atoms with van der Waals surface area (Å²) >= 11 is 0. The van der Waals surface area contributed by atoms with Crippen molar-refractivity contribution in [1.29, 1.82) is 0 Å². The summed E-state index contributed by atoms with van der Waals surface area (Å²) in [5, 5.41) is 4.40. The van der Waals surface area contributed by atoms with Gasteiger partial charge < -0.3 is 4.74 Å². The highest BCUT2D eigenvalue weighted by Crippen LogP contribution is 2.23. The molecule has 0 amide bonds. The van der Waals surface area contributed by atoms with Gasteiger partial charge in [-0.2, -0.15) is 5.10 Å². The van der Waals surface area contributed by atoms with Gasteiger partial charge in [0.15, 0.2) is 0 Å². The predicted octanol–water partition coefficient (Wildman–Crippen LogP) is 2.05. The van der Waals surface area contributed by atoms with Crippen molar-refractivity contribution in [2.75, 3.05) is 13.7 Å². The van der Waals surface area contributed by atoms with E-state index in [1.165, 1.54) is 0 Å². The number of hydrazine groups is 1. The first-order valence-corrected chi connectivity index (χ1v) is 6.80. The Morgan fingerprint density at radius 1 is 1.30 bits per heavy atom. The second-order valence-corrected chi connectivity index (χ2v) is 5.02. The van der Waals surface area contributed by atoms with E-state index in [1.54, 1.807) is 13.3 Å². The summed E-state index contributed by atoms with van der Waals surface area (Å²) < 4.78 is 7.11. The standard InChI is InChI=1S/C15H22N4O/c1-12(11-20-2)10-14(18-16)15-8-9-17-19(15)13-6-4-3-5-7-13/h3-9,12,14,18H,10-11,16H2,1-2H3. The van der Waals surface area contributed by atoms with Gasteiger partial charge in [0.1, 0.15) is 0 Å². The van der Waals surface area contributed by atoms with E-state index in [-0.39, 0.29) is 6.04 Å². The molecule has 0 saturated carbocycles. The molecule has 3 N–H and O–H groups in total. The Morgan fingerprint density at radius 2 is 2.05 bits per heavy atom. The maximum Gasteiger partial charge on any atom is 0.0649 e. The first kappa shape index (κ1) is 14.7. The molecule has 0 radical (unpaired) electrons. The van der Waals surface area contributed by atoms with Crippen LogP contribution in [0.3, 0.4) is 0 Å². The van der Waals surface area contributed by atoms with Gasteiger partial charge >= 0.3 is 0 Å². The summed E-state index contributed by atoms with van der Waals surface area (Å²) in [6.07, 6.45) is 2.69. The van der Waals surface area contributed by atoms with Crippen molar-refractivity contribution in [1.82, 2.24) is 15.2 Å². The molecule has 2 atom stereocenters. The Morgan fingerprint density at radius 3 is 2.70 bits per heavy atom. The van der Waals surface area contributed by atoms with Crippen LogP contribution in [0.1, 0.15) is 25.1 Å². The van der Waals surface area contributed by atoms with E-state index in [0.717, 1.165) is 24.4 Å². The first-order valence-electron chi connectivity index (χ1n) is 6.80. The van der Waals surface area contributed by atoms with Crippen molar-refractivity contribution in [3.05, 3.63) is 48.3 Å². The highest BCUT2D eigenvalue weighted by atomic mass is 16.5. The minimum atomic E-state index is 0.0443. The molecule has 0 aliphatic rings. The molecule has 20 heavy (non-hydrogen) atoms. The number of nitrogens with two attached hydrogens (primary N) is 1. The van der Waals surface area contributed by atoms with Crippen LogP contribution in [0, 0.1) is 5.92 Å². The Labute approximate surface area is 119 Å². The fourth-order valence-corrected chi connectivity index (χ4v) is 2.39. The second-order valence-electron chi connectivity index (χ2n) is 5.02. The molecule has 1 aromatic heterocycles. The lowest BCUT2D eigenvalue weighted by atomic mass is 10.0. The van der Waals surface area contributed by atoms with Crippen LogP contribution in [0.5, 0.6) is 0 Å². The molecule has 108 valence electrons. The number of ether oxygens (including phenoxy) is 1. The van der Waals surface area contributed by atoms with Gasteiger partial charge in [-0.1, -0.05) is 25.1 Å².